The van der Waals surface area contributed by atoms with Gasteiger partial charge in [-0.05, 0) is 84.9 Å². The van der Waals surface area contributed by atoms with E-state index in [4.69, 9.17) is 15.0 Å². The van der Waals surface area contributed by atoms with Crippen LogP contribution in [0.25, 0.3) is 116 Å². The van der Waals surface area contributed by atoms with E-state index in [1.165, 1.54) is 64.8 Å². The van der Waals surface area contributed by atoms with Crippen molar-refractivity contribution >= 4 is 75.7 Å². The Morgan fingerprint density at radius 2 is 0.782 bits per heavy atom. The summed E-state index contributed by atoms with van der Waals surface area (Å²) in [6.45, 7) is 0. The molecule has 0 saturated carbocycles. The Bertz CT molecular complexity index is 3440. The molecule has 0 radical (unpaired) electrons. The van der Waals surface area contributed by atoms with Crippen LogP contribution in [0.4, 0.5) is 0 Å². The lowest BCUT2D eigenvalue weighted by molar-refractivity contribution is 1.08. The first-order valence-electron chi connectivity index (χ1n) is 18.7. The molecule has 0 fully saturated rings. The number of hydrogen-bond acceptors (Lipinski definition) is 3. The lowest BCUT2D eigenvalue weighted by Gasteiger charge is -2.14. The molecule has 4 nitrogen and oxygen atoms in total. The highest BCUT2D eigenvalue weighted by atomic mass is 15.0. The van der Waals surface area contributed by atoms with Gasteiger partial charge in [0.15, 0.2) is 17.5 Å². The number of aromatic nitrogens is 4. The minimum atomic E-state index is 0.645. The molecule has 4 heteroatoms. The highest BCUT2D eigenvalue weighted by Gasteiger charge is 2.24. The van der Waals surface area contributed by atoms with E-state index in [1.54, 1.807) is 0 Å². The smallest absolute Gasteiger partial charge is 0.164 e. The first-order chi connectivity index (χ1) is 27.3. The lowest BCUT2D eigenvalue weighted by atomic mass is 9.91. The van der Waals surface area contributed by atoms with Crippen LogP contribution in [0.15, 0.2) is 182 Å². The number of hydrogen-bond donors (Lipinski definition) is 0. The molecule has 0 spiro atoms. The maximum absolute atomic E-state index is 5.37. The van der Waals surface area contributed by atoms with Crippen molar-refractivity contribution in [2.24, 2.45) is 0 Å². The Kier molecular flexibility index (Phi) is 6.31. The lowest BCUT2D eigenvalue weighted by Crippen LogP contribution is -2.01. The molecule has 0 aliphatic rings. The third-order valence-corrected chi connectivity index (χ3v) is 11.4. The SMILES string of the molecule is c1ccc(-c2nc(-c3ccc4c5ccccc5c5ccccc5c4c3)nc(-c3ccc4c5c3c3ccccc3c3cccc(c35)n4-c3ccccc3)n2)cc1. The summed E-state index contributed by atoms with van der Waals surface area (Å²) in [6, 6.07) is 64.8. The molecule has 2 aromatic heterocycles. The maximum Gasteiger partial charge on any atom is 0.164 e. The van der Waals surface area contributed by atoms with Gasteiger partial charge in [-0.3, -0.25) is 0 Å². The molecule has 0 unspecified atom stereocenters. The zero-order valence-corrected chi connectivity index (χ0v) is 29.6. The molecule has 10 aromatic carbocycles. The Morgan fingerprint density at radius 1 is 0.291 bits per heavy atom. The van der Waals surface area contributed by atoms with E-state index in [0.717, 1.165) is 33.3 Å². The molecular weight excluding hydrogens is 669 g/mol. The van der Waals surface area contributed by atoms with E-state index in [9.17, 15) is 0 Å². The molecule has 0 N–H and O–H groups in total. The van der Waals surface area contributed by atoms with Gasteiger partial charge in [-0.15, -0.1) is 0 Å². The predicted octanol–water partition coefficient (Wildman–Crippen LogP) is 13.2. The molecule has 0 aliphatic heterocycles. The van der Waals surface area contributed by atoms with Crippen molar-refractivity contribution in [3.8, 4) is 39.9 Å². The number of fused-ring (bicyclic) bond motifs is 9. The summed E-state index contributed by atoms with van der Waals surface area (Å²) in [4.78, 5) is 15.8. The van der Waals surface area contributed by atoms with Crippen molar-refractivity contribution in [1.82, 2.24) is 19.5 Å². The summed E-state index contributed by atoms with van der Waals surface area (Å²) < 4.78 is 2.39. The number of para-hydroxylation sites is 1. The Morgan fingerprint density at radius 3 is 1.47 bits per heavy atom. The monoisotopic (exact) mass is 698 g/mol. The largest absolute Gasteiger partial charge is 0.309 e. The maximum atomic E-state index is 5.37. The van der Waals surface area contributed by atoms with Gasteiger partial charge in [0.2, 0.25) is 0 Å². The van der Waals surface area contributed by atoms with Gasteiger partial charge >= 0.3 is 0 Å². The van der Waals surface area contributed by atoms with E-state index in [-0.39, 0.29) is 0 Å². The number of benzene rings is 10. The van der Waals surface area contributed by atoms with Crippen LogP contribution >= 0.6 is 0 Å². The van der Waals surface area contributed by atoms with Crippen LogP contribution < -0.4 is 0 Å². The fraction of sp³-hybridized carbons (Fsp3) is 0. The van der Waals surface area contributed by atoms with Crippen LogP contribution in [-0.2, 0) is 0 Å². The van der Waals surface area contributed by atoms with Crippen molar-refractivity contribution in [3.63, 3.8) is 0 Å². The average molecular weight is 699 g/mol. The molecule has 0 saturated heterocycles. The molecule has 55 heavy (non-hydrogen) atoms. The molecular formula is C51H30N4. The number of nitrogens with zero attached hydrogens (tertiary/aromatic N) is 4. The third kappa shape index (κ3) is 4.37. The molecule has 12 rings (SSSR count). The fourth-order valence-corrected chi connectivity index (χ4v) is 9.02. The van der Waals surface area contributed by atoms with Crippen molar-refractivity contribution < 1.29 is 0 Å². The molecule has 254 valence electrons. The average Bonchev–Trinajstić information content (AvgIpc) is 3.61. The Labute approximate surface area is 315 Å². The minimum absolute atomic E-state index is 0.645. The zero-order valence-electron chi connectivity index (χ0n) is 29.6. The van der Waals surface area contributed by atoms with Crippen molar-refractivity contribution in [3.05, 3.63) is 182 Å². The van der Waals surface area contributed by atoms with Gasteiger partial charge in [-0.1, -0.05) is 146 Å². The quantitative estimate of drug-likeness (QED) is 0.172. The molecule has 0 amide bonds. The first-order valence-corrected chi connectivity index (χ1v) is 18.7. The zero-order chi connectivity index (χ0) is 36.0. The third-order valence-electron chi connectivity index (χ3n) is 11.4. The van der Waals surface area contributed by atoms with Gasteiger partial charge in [0.1, 0.15) is 0 Å². The molecule has 2 heterocycles. The Hall–Kier alpha value is -7.43. The van der Waals surface area contributed by atoms with E-state index >= 15 is 0 Å². The second-order valence-electron chi connectivity index (χ2n) is 14.3. The van der Waals surface area contributed by atoms with Crippen molar-refractivity contribution in [2.45, 2.75) is 0 Å². The van der Waals surface area contributed by atoms with E-state index in [0.29, 0.717) is 17.5 Å². The van der Waals surface area contributed by atoms with Gasteiger partial charge in [-0.2, -0.15) is 0 Å². The van der Waals surface area contributed by atoms with Crippen LogP contribution in [0.3, 0.4) is 0 Å². The second kappa shape index (κ2) is 11.5. The first kappa shape index (κ1) is 30.1. The van der Waals surface area contributed by atoms with E-state index < -0.39 is 0 Å². The topological polar surface area (TPSA) is 43.6 Å². The van der Waals surface area contributed by atoms with Crippen LogP contribution in [0.1, 0.15) is 0 Å². The highest BCUT2D eigenvalue weighted by Crippen LogP contribution is 2.47. The van der Waals surface area contributed by atoms with Gasteiger partial charge in [0.25, 0.3) is 0 Å². The van der Waals surface area contributed by atoms with Crippen molar-refractivity contribution in [1.29, 1.82) is 0 Å². The molecule has 0 aliphatic carbocycles. The van der Waals surface area contributed by atoms with Crippen LogP contribution in [0.5, 0.6) is 0 Å². The Balaban J connectivity index is 1.18. The molecule has 0 atom stereocenters. The summed E-state index contributed by atoms with van der Waals surface area (Å²) in [7, 11) is 0. The minimum Gasteiger partial charge on any atom is -0.309 e. The highest BCUT2D eigenvalue weighted by molar-refractivity contribution is 6.36. The predicted molar refractivity (Wildman–Crippen MR) is 229 cm³/mol. The van der Waals surface area contributed by atoms with E-state index in [2.05, 4.69) is 168 Å². The molecule has 0 bridgehead atoms. The van der Waals surface area contributed by atoms with Gasteiger partial charge < -0.3 is 4.57 Å². The van der Waals surface area contributed by atoms with Crippen LogP contribution in [-0.4, -0.2) is 19.5 Å². The fourth-order valence-electron chi connectivity index (χ4n) is 9.02. The summed E-state index contributed by atoms with van der Waals surface area (Å²) in [5.74, 6) is 1.94. The summed E-state index contributed by atoms with van der Waals surface area (Å²) in [6.07, 6.45) is 0. The number of rotatable bonds is 4. The van der Waals surface area contributed by atoms with Gasteiger partial charge in [-0.25, -0.2) is 15.0 Å². The van der Waals surface area contributed by atoms with Gasteiger partial charge in [0, 0.05) is 38.5 Å². The summed E-state index contributed by atoms with van der Waals surface area (Å²) in [5.41, 5.74) is 6.36. The summed E-state index contributed by atoms with van der Waals surface area (Å²) in [5, 5.41) is 14.6. The molecule has 12 aromatic rings. The summed E-state index contributed by atoms with van der Waals surface area (Å²) >= 11 is 0. The van der Waals surface area contributed by atoms with E-state index in [1.807, 2.05) is 18.2 Å². The second-order valence-corrected chi connectivity index (χ2v) is 14.3. The van der Waals surface area contributed by atoms with Crippen LogP contribution in [0.2, 0.25) is 0 Å². The van der Waals surface area contributed by atoms with Crippen LogP contribution in [0, 0.1) is 0 Å². The standard InChI is InChI=1S/C51H30N4/c1-3-14-31(15-4-1)49-52-50(32-26-27-39-36-20-8-7-18-34(36)35-19-9-10-21-37(35)43(39)30-32)54-51(53-49)42-28-29-45-48-46(42)40-23-12-11-22-38(40)41-24-13-25-44(47(41)48)55(45)33-16-5-2-6-17-33/h1-30H. The van der Waals surface area contributed by atoms with Crippen molar-refractivity contribution in [2.75, 3.05) is 0 Å². The van der Waals surface area contributed by atoms with Gasteiger partial charge in [0.05, 0.1) is 11.0 Å². The normalized spacial score (nSPS) is 12.0.